The molecule has 1 aromatic carbocycles. The van der Waals surface area contributed by atoms with Gasteiger partial charge in [0.15, 0.2) is 5.65 Å². The highest BCUT2D eigenvalue weighted by Crippen LogP contribution is 2.30. The largest absolute Gasteiger partial charge is 0.416 e. The van der Waals surface area contributed by atoms with E-state index >= 15 is 0 Å². The highest BCUT2D eigenvalue weighted by atomic mass is 19.4. The molecular weight excluding hydrogens is 359 g/mol. The first-order chi connectivity index (χ1) is 12.9. The van der Waals surface area contributed by atoms with E-state index in [-0.39, 0.29) is 12.0 Å². The third kappa shape index (κ3) is 3.68. The highest BCUT2D eigenvalue weighted by Gasteiger charge is 2.30. The lowest BCUT2D eigenvalue weighted by molar-refractivity contribution is -0.137. The summed E-state index contributed by atoms with van der Waals surface area (Å²) >= 11 is 0. The molecule has 2 atom stereocenters. The fourth-order valence-electron chi connectivity index (χ4n) is 3.24. The van der Waals surface area contributed by atoms with Gasteiger partial charge >= 0.3 is 6.18 Å². The normalized spacial score (nSPS) is 20.1. The zero-order valence-electron chi connectivity index (χ0n) is 14.2. The van der Waals surface area contributed by atoms with Crippen molar-refractivity contribution in [2.75, 3.05) is 10.6 Å². The Balaban J connectivity index is 1.55. The molecule has 142 valence electrons. The van der Waals surface area contributed by atoms with E-state index in [0.717, 1.165) is 31.4 Å². The van der Waals surface area contributed by atoms with Gasteiger partial charge in [-0.15, -0.1) is 5.10 Å². The van der Waals surface area contributed by atoms with Gasteiger partial charge in [0, 0.05) is 5.69 Å². The molecular formula is C18H18F3N5O. The summed E-state index contributed by atoms with van der Waals surface area (Å²) in [6, 6.07) is 10.1. The van der Waals surface area contributed by atoms with Gasteiger partial charge in [-0.05, 0) is 55.7 Å². The van der Waals surface area contributed by atoms with Crippen molar-refractivity contribution in [2.24, 2.45) is 0 Å². The maximum atomic E-state index is 12.7. The summed E-state index contributed by atoms with van der Waals surface area (Å²) in [6.45, 7) is 0. The van der Waals surface area contributed by atoms with Crippen LogP contribution in [0.4, 0.5) is 30.6 Å². The average Bonchev–Trinajstić information content (AvgIpc) is 3.21. The number of nitrogens with zero attached hydrogens (tertiary/aromatic N) is 3. The Bertz CT molecular complexity index is 938. The molecule has 27 heavy (non-hydrogen) atoms. The van der Waals surface area contributed by atoms with Crippen LogP contribution in [-0.4, -0.2) is 31.9 Å². The topological polar surface area (TPSA) is 74.5 Å². The second-order valence-corrected chi connectivity index (χ2v) is 6.57. The van der Waals surface area contributed by atoms with E-state index in [0.29, 0.717) is 17.2 Å². The van der Waals surface area contributed by atoms with E-state index in [1.54, 1.807) is 10.6 Å². The lowest BCUT2D eigenvalue weighted by Crippen LogP contribution is -2.28. The zero-order chi connectivity index (χ0) is 19.0. The number of hydrogen-bond acceptors (Lipinski definition) is 5. The molecule has 3 N–H and O–H groups in total. The monoisotopic (exact) mass is 377 g/mol. The Hall–Kier alpha value is -2.81. The van der Waals surface area contributed by atoms with Gasteiger partial charge < -0.3 is 15.7 Å². The fourth-order valence-corrected chi connectivity index (χ4v) is 3.24. The SMILES string of the molecule is O[C@@H]1CCC[C@@H]1Nc1cccc2nc(Nc3ccc(C(F)(F)F)cc3)nn12. The quantitative estimate of drug-likeness (QED) is 0.645. The van der Waals surface area contributed by atoms with Crippen LogP contribution in [0.1, 0.15) is 24.8 Å². The van der Waals surface area contributed by atoms with E-state index in [1.807, 2.05) is 12.1 Å². The Labute approximate surface area is 153 Å². The van der Waals surface area contributed by atoms with Crippen LogP contribution in [0.15, 0.2) is 42.5 Å². The second kappa shape index (κ2) is 6.73. The number of rotatable bonds is 4. The van der Waals surface area contributed by atoms with Gasteiger partial charge in [0.25, 0.3) is 0 Å². The first-order valence-electron chi connectivity index (χ1n) is 8.65. The number of aliphatic hydroxyl groups excluding tert-OH is 1. The minimum atomic E-state index is -4.37. The molecule has 6 nitrogen and oxygen atoms in total. The Morgan fingerprint density at radius 2 is 1.85 bits per heavy atom. The summed E-state index contributed by atoms with van der Waals surface area (Å²) < 4.78 is 39.6. The van der Waals surface area contributed by atoms with Gasteiger partial charge in [0.1, 0.15) is 5.82 Å². The number of aromatic nitrogens is 3. The molecule has 0 aliphatic heterocycles. The van der Waals surface area contributed by atoms with E-state index < -0.39 is 17.8 Å². The predicted octanol–water partition coefficient (Wildman–Crippen LogP) is 3.82. The summed E-state index contributed by atoms with van der Waals surface area (Å²) in [4.78, 5) is 4.35. The third-order valence-electron chi connectivity index (χ3n) is 4.64. The van der Waals surface area contributed by atoms with Crippen LogP contribution in [-0.2, 0) is 6.18 Å². The molecule has 2 heterocycles. The molecule has 0 unspecified atom stereocenters. The van der Waals surface area contributed by atoms with Crippen LogP contribution in [0, 0.1) is 0 Å². The van der Waals surface area contributed by atoms with Crippen molar-refractivity contribution in [3.05, 3.63) is 48.0 Å². The Kier molecular flexibility index (Phi) is 4.39. The van der Waals surface area contributed by atoms with Gasteiger partial charge in [-0.1, -0.05) is 6.07 Å². The van der Waals surface area contributed by atoms with Crippen LogP contribution in [0.5, 0.6) is 0 Å². The molecule has 0 bridgehead atoms. The predicted molar refractivity (Wildman–Crippen MR) is 95.0 cm³/mol. The van der Waals surface area contributed by atoms with Crippen molar-refractivity contribution in [2.45, 2.75) is 37.6 Å². The molecule has 1 fully saturated rings. The molecule has 0 radical (unpaired) electrons. The van der Waals surface area contributed by atoms with Crippen molar-refractivity contribution in [1.29, 1.82) is 0 Å². The zero-order valence-corrected chi connectivity index (χ0v) is 14.2. The molecule has 1 aliphatic rings. The molecule has 3 aromatic rings. The van der Waals surface area contributed by atoms with Crippen molar-refractivity contribution >= 4 is 23.1 Å². The number of anilines is 3. The number of halogens is 3. The number of nitrogens with one attached hydrogen (secondary N) is 2. The van der Waals surface area contributed by atoms with Crippen LogP contribution in [0.3, 0.4) is 0 Å². The van der Waals surface area contributed by atoms with E-state index in [9.17, 15) is 18.3 Å². The van der Waals surface area contributed by atoms with Crippen LogP contribution >= 0.6 is 0 Å². The maximum Gasteiger partial charge on any atom is 0.416 e. The molecule has 1 aliphatic carbocycles. The number of pyridine rings is 1. The molecule has 9 heteroatoms. The fraction of sp³-hybridized carbons (Fsp3) is 0.333. The molecule has 0 amide bonds. The van der Waals surface area contributed by atoms with Gasteiger partial charge in [-0.2, -0.15) is 22.7 Å². The summed E-state index contributed by atoms with van der Waals surface area (Å²) in [5, 5.41) is 20.6. The molecule has 0 spiro atoms. The molecule has 2 aromatic heterocycles. The third-order valence-corrected chi connectivity index (χ3v) is 4.64. The van der Waals surface area contributed by atoms with Crippen LogP contribution in [0.25, 0.3) is 5.65 Å². The first kappa shape index (κ1) is 17.6. The number of alkyl halides is 3. The van der Waals surface area contributed by atoms with E-state index in [4.69, 9.17) is 0 Å². The number of fused-ring (bicyclic) bond motifs is 1. The Morgan fingerprint density at radius 1 is 1.07 bits per heavy atom. The van der Waals surface area contributed by atoms with Crippen molar-refractivity contribution < 1.29 is 18.3 Å². The maximum absolute atomic E-state index is 12.7. The summed E-state index contributed by atoms with van der Waals surface area (Å²) in [5.74, 6) is 0.974. The summed E-state index contributed by atoms with van der Waals surface area (Å²) in [7, 11) is 0. The minimum absolute atomic E-state index is 0.0360. The molecule has 1 saturated carbocycles. The van der Waals surface area contributed by atoms with Crippen LogP contribution in [0.2, 0.25) is 0 Å². The summed E-state index contributed by atoms with van der Waals surface area (Å²) in [5.41, 5.74) is 0.333. The molecule has 4 rings (SSSR count). The van der Waals surface area contributed by atoms with E-state index in [1.165, 1.54) is 12.1 Å². The number of aliphatic hydroxyl groups is 1. The van der Waals surface area contributed by atoms with E-state index in [2.05, 4.69) is 20.7 Å². The average molecular weight is 377 g/mol. The first-order valence-corrected chi connectivity index (χ1v) is 8.65. The highest BCUT2D eigenvalue weighted by molar-refractivity contribution is 5.58. The van der Waals surface area contributed by atoms with Gasteiger partial charge in [0.2, 0.25) is 5.95 Å². The lowest BCUT2D eigenvalue weighted by Gasteiger charge is -2.17. The molecule has 0 saturated heterocycles. The van der Waals surface area contributed by atoms with Crippen molar-refractivity contribution in [1.82, 2.24) is 14.6 Å². The van der Waals surface area contributed by atoms with Gasteiger partial charge in [0.05, 0.1) is 17.7 Å². The lowest BCUT2D eigenvalue weighted by atomic mass is 10.2. The van der Waals surface area contributed by atoms with Crippen molar-refractivity contribution in [3.63, 3.8) is 0 Å². The summed E-state index contributed by atoms with van der Waals surface area (Å²) in [6.07, 6.45) is -2.15. The number of benzene rings is 1. The van der Waals surface area contributed by atoms with Crippen molar-refractivity contribution in [3.8, 4) is 0 Å². The standard InChI is InChI=1S/C18H18F3N5O/c19-18(20,21)11-7-9-12(10-8-11)22-17-24-16-6-2-5-15(26(16)25-17)23-13-3-1-4-14(13)27/h2,5-10,13-14,23,27H,1,3-4H2,(H,22,25)/t13-,14+/m0/s1. The number of hydrogen-bond donors (Lipinski definition) is 3. The Morgan fingerprint density at radius 3 is 2.52 bits per heavy atom. The smallest absolute Gasteiger partial charge is 0.391 e. The van der Waals surface area contributed by atoms with Gasteiger partial charge in [-0.25, -0.2) is 0 Å². The van der Waals surface area contributed by atoms with Crippen LogP contribution < -0.4 is 10.6 Å². The van der Waals surface area contributed by atoms with Gasteiger partial charge in [-0.3, -0.25) is 0 Å². The second-order valence-electron chi connectivity index (χ2n) is 6.57. The minimum Gasteiger partial charge on any atom is -0.391 e.